The van der Waals surface area contributed by atoms with E-state index in [9.17, 15) is 4.79 Å². The molecule has 1 atom stereocenters. The van der Waals surface area contributed by atoms with Crippen molar-refractivity contribution in [2.75, 3.05) is 39.2 Å². The highest BCUT2D eigenvalue weighted by atomic mass is 16.5. The Morgan fingerprint density at radius 3 is 2.79 bits per heavy atom. The number of nitrogens with zero attached hydrogens (tertiary/aromatic N) is 2. The second kappa shape index (κ2) is 7.83. The Labute approximate surface area is 143 Å². The molecule has 1 N–H and O–H groups in total. The lowest BCUT2D eigenvalue weighted by atomic mass is 10.1. The fourth-order valence-corrected chi connectivity index (χ4v) is 3.83. The van der Waals surface area contributed by atoms with E-state index in [2.05, 4.69) is 15.2 Å². The van der Waals surface area contributed by atoms with E-state index >= 15 is 0 Å². The van der Waals surface area contributed by atoms with E-state index in [1.54, 1.807) is 6.07 Å². The highest BCUT2D eigenvalue weighted by Gasteiger charge is 2.26. The van der Waals surface area contributed by atoms with Crippen LogP contribution in [0.1, 0.15) is 42.5 Å². The molecule has 0 bridgehead atoms. The molecule has 6 nitrogen and oxygen atoms in total. The number of likely N-dealkylation sites (tertiary alicyclic amines) is 1. The lowest BCUT2D eigenvalue weighted by molar-refractivity contribution is 0.0596. The number of rotatable bonds is 6. The summed E-state index contributed by atoms with van der Waals surface area (Å²) in [6.45, 7) is 3.43. The van der Waals surface area contributed by atoms with Crippen LogP contribution in [0.15, 0.2) is 12.1 Å². The minimum Gasteiger partial charge on any atom is -0.480 e. The predicted octanol–water partition coefficient (Wildman–Crippen LogP) is 2.55. The number of methoxy groups -OCH3 is 2. The average molecular weight is 333 g/mol. The zero-order chi connectivity index (χ0) is 16.9. The first-order valence-electron chi connectivity index (χ1n) is 8.82. The van der Waals surface area contributed by atoms with Crippen molar-refractivity contribution in [3.05, 3.63) is 17.7 Å². The van der Waals surface area contributed by atoms with Crippen LogP contribution in [0.5, 0.6) is 5.88 Å². The third-order valence-electron chi connectivity index (χ3n) is 5.07. The van der Waals surface area contributed by atoms with Crippen molar-refractivity contribution in [1.29, 1.82) is 0 Å². The summed E-state index contributed by atoms with van der Waals surface area (Å²) in [6, 6.07) is 3.91. The molecular weight excluding hydrogens is 306 g/mol. The van der Waals surface area contributed by atoms with E-state index < -0.39 is 5.97 Å². The second-order valence-corrected chi connectivity index (χ2v) is 6.78. The number of hydrogen-bond acceptors (Lipinski definition) is 6. The fourth-order valence-electron chi connectivity index (χ4n) is 3.83. The van der Waals surface area contributed by atoms with Gasteiger partial charge in [-0.3, -0.25) is 0 Å². The molecule has 3 rings (SSSR count). The normalized spacial score (nSPS) is 21.8. The van der Waals surface area contributed by atoms with Crippen molar-refractivity contribution in [3.63, 3.8) is 0 Å². The summed E-state index contributed by atoms with van der Waals surface area (Å²) < 4.78 is 9.96. The number of hydrogen-bond donors (Lipinski definition) is 1. The van der Waals surface area contributed by atoms with Gasteiger partial charge < -0.3 is 19.7 Å². The maximum Gasteiger partial charge on any atom is 0.343 e. The van der Waals surface area contributed by atoms with Gasteiger partial charge in [-0.05, 0) is 37.3 Å². The standard InChI is InChI=1S/C18H27N3O3/c1-23-17-15(18(22)24-2)7-8-16(20-17)19-14-9-10-21(12-14)11-13-5-3-4-6-13/h7-8,13-14H,3-6,9-12H2,1-2H3,(H,19,20). The number of ether oxygens (including phenoxy) is 2. The molecule has 1 saturated carbocycles. The van der Waals surface area contributed by atoms with E-state index in [1.165, 1.54) is 46.4 Å². The predicted molar refractivity (Wildman–Crippen MR) is 92.6 cm³/mol. The van der Waals surface area contributed by atoms with E-state index in [1.807, 2.05) is 6.07 Å². The van der Waals surface area contributed by atoms with E-state index in [0.29, 0.717) is 17.5 Å². The SMILES string of the molecule is COC(=O)c1ccc(NC2CCN(CC3CCCC3)C2)nc1OC. The monoisotopic (exact) mass is 333 g/mol. The van der Waals surface area contributed by atoms with Gasteiger partial charge >= 0.3 is 5.97 Å². The Balaban J connectivity index is 1.57. The van der Waals surface area contributed by atoms with Crippen LogP contribution in [0.3, 0.4) is 0 Å². The van der Waals surface area contributed by atoms with Crippen LogP contribution in [-0.2, 0) is 4.74 Å². The molecule has 2 fully saturated rings. The minimum absolute atomic E-state index is 0.299. The number of pyridine rings is 1. The molecule has 1 aromatic rings. The van der Waals surface area contributed by atoms with Gasteiger partial charge in [-0.15, -0.1) is 0 Å². The van der Waals surface area contributed by atoms with Crippen molar-refractivity contribution >= 4 is 11.8 Å². The van der Waals surface area contributed by atoms with Crippen LogP contribution >= 0.6 is 0 Å². The quantitative estimate of drug-likeness (QED) is 0.807. The van der Waals surface area contributed by atoms with Gasteiger partial charge in [0.2, 0.25) is 5.88 Å². The first-order valence-corrected chi connectivity index (χ1v) is 8.82. The molecule has 1 saturated heterocycles. The summed E-state index contributed by atoms with van der Waals surface area (Å²) in [5.74, 6) is 1.50. The van der Waals surface area contributed by atoms with Crippen LogP contribution in [0, 0.1) is 5.92 Å². The summed E-state index contributed by atoms with van der Waals surface area (Å²) in [6.07, 6.45) is 6.70. The van der Waals surface area contributed by atoms with Crippen molar-refractivity contribution in [2.45, 2.75) is 38.1 Å². The molecule has 0 aromatic carbocycles. The number of esters is 1. The zero-order valence-corrected chi connectivity index (χ0v) is 14.6. The van der Waals surface area contributed by atoms with Crippen molar-refractivity contribution in [3.8, 4) is 5.88 Å². The molecule has 1 aliphatic carbocycles. The highest BCUT2D eigenvalue weighted by molar-refractivity contribution is 5.92. The number of aromatic nitrogens is 1. The number of nitrogens with one attached hydrogen (secondary N) is 1. The summed E-state index contributed by atoms with van der Waals surface area (Å²) in [5.41, 5.74) is 0.347. The molecule has 2 heterocycles. The molecule has 0 radical (unpaired) electrons. The molecule has 2 aliphatic rings. The Morgan fingerprint density at radius 1 is 1.29 bits per heavy atom. The molecule has 132 valence electrons. The smallest absolute Gasteiger partial charge is 0.343 e. The number of carbonyl (C=O) groups excluding carboxylic acids is 1. The van der Waals surface area contributed by atoms with Gasteiger partial charge in [0.25, 0.3) is 0 Å². The maximum atomic E-state index is 11.7. The fraction of sp³-hybridized carbons (Fsp3) is 0.667. The molecule has 24 heavy (non-hydrogen) atoms. The Morgan fingerprint density at radius 2 is 2.08 bits per heavy atom. The van der Waals surface area contributed by atoms with Crippen LogP contribution in [0.25, 0.3) is 0 Å². The molecule has 1 unspecified atom stereocenters. The summed E-state index contributed by atoms with van der Waals surface area (Å²) in [4.78, 5) is 18.6. The average Bonchev–Trinajstić information content (AvgIpc) is 3.26. The van der Waals surface area contributed by atoms with Gasteiger partial charge in [0.05, 0.1) is 14.2 Å². The lowest BCUT2D eigenvalue weighted by Crippen LogP contribution is -2.30. The Hall–Kier alpha value is -1.82. The van der Waals surface area contributed by atoms with Crippen LogP contribution in [0.4, 0.5) is 5.82 Å². The van der Waals surface area contributed by atoms with Gasteiger partial charge in [0.1, 0.15) is 11.4 Å². The lowest BCUT2D eigenvalue weighted by Gasteiger charge is -2.20. The first-order chi connectivity index (χ1) is 11.7. The summed E-state index contributed by atoms with van der Waals surface area (Å²) in [7, 11) is 2.86. The third-order valence-corrected chi connectivity index (χ3v) is 5.07. The van der Waals surface area contributed by atoms with Crippen molar-refractivity contribution in [1.82, 2.24) is 9.88 Å². The van der Waals surface area contributed by atoms with Gasteiger partial charge in [-0.25, -0.2) is 4.79 Å². The van der Waals surface area contributed by atoms with Gasteiger partial charge in [0.15, 0.2) is 0 Å². The molecule has 0 spiro atoms. The van der Waals surface area contributed by atoms with Crippen molar-refractivity contribution < 1.29 is 14.3 Å². The number of carbonyl (C=O) groups is 1. The first kappa shape index (κ1) is 17.0. The van der Waals surface area contributed by atoms with E-state index in [-0.39, 0.29) is 0 Å². The van der Waals surface area contributed by atoms with E-state index in [0.717, 1.165) is 31.2 Å². The largest absolute Gasteiger partial charge is 0.480 e. The second-order valence-electron chi connectivity index (χ2n) is 6.78. The minimum atomic E-state index is -0.436. The zero-order valence-electron chi connectivity index (χ0n) is 14.6. The van der Waals surface area contributed by atoms with Crippen molar-refractivity contribution in [2.24, 2.45) is 5.92 Å². The van der Waals surface area contributed by atoms with Gasteiger partial charge in [-0.1, -0.05) is 12.8 Å². The van der Waals surface area contributed by atoms with Crippen LogP contribution in [-0.4, -0.2) is 55.7 Å². The summed E-state index contributed by atoms with van der Waals surface area (Å²) in [5, 5.41) is 3.47. The molecule has 0 amide bonds. The molecule has 6 heteroatoms. The highest BCUT2D eigenvalue weighted by Crippen LogP contribution is 2.27. The van der Waals surface area contributed by atoms with E-state index in [4.69, 9.17) is 9.47 Å². The third kappa shape index (κ3) is 3.98. The van der Waals surface area contributed by atoms with Crippen LogP contribution < -0.4 is 10.1 Å². The Bertz CT molecular complexity index is 573. The molecular formula is C18H27N3O3. The maximum absolute atomic E-state index is 11.7. The number of anilines is 1. The van der Waals surface area contributed by atoms with Crippen LogP contribution in [0.2, 0.25) is 0 Å². The molecule has 1 aromatic heterocycles. The van der Waals surface area contributed by atoms with Gasteiger partial charge in [-0.2, -0.15) is 4.98 Å². The topological polar surface area (TPSA) is 63.7 Å². The van der Waals surface area contributed by atoms with Gasteiger partial charge in [0, 0.05) is 25.7 Å². The Kier molecular flexibility index (Phi) is 5.56. The summed E-state index contributed by atoms with van der Waals surface area (Å²) >= 11 is 0. The molecule has 1 aliphatic heterocycles.